The van der Waals surface area contributed by atoms with Gasteiger partial charge in [-0.1, -0.05) is 41.0 Å². The van der Waals surface area contributed by atoms with Crippen molar-refractivity contribution in [1.82, 2.24) is 15.0 Å². The molecule has 0 N–H and O–H groups in total. The van der Waals surface area contributed by atoms with Crippen molar-refractivity contribution in [2.24, 2.45) is 0 Å². The highest BCUT2D eigenvalue weighted by molar-refractivity contribution is 6.30. The zero-order valence-corrected chi connectivity index (χ0v) is 16.4. The largest absolute Gasteiger partial charge is 0.369 e. The van der Waals surface area contributed by atoms with Gasteiger partial charge in [-0.15, -0.1) is 0 Å². The van der Waals surface area contributed by atoms with Crippen molar-refractivity contribution in [2.45, 2.75) is 20.4 Å². The number of nitrogens with zero attached hydrogens (tertiary/aromatic N) is 4. The molecule has 0 saturated carbocycles. The van der Waals surface area contributed by atoms with Gasteiger partial charge in [0.1, 0.15) is 0 Å². The quantitative estimate of drug-likeness (QED) is 0.672. The van der Waals surface area contributed by atoms with Crippen LogP contribution in [0.1, 0.15) is 17.0 Å². The lowest BCUT2D eigenvalue weighted by molar-refractivity contribution is 0.215. The molecular formula is C21H23ClN4O. The number of rotatable bonds is 4. The lowest BCUT2D eigenvalue weighted by Gasteiger charge is -2.36. The lowest BCUT2D eigenvalue weighted by Crippen LogP contribution is -2.46. The fourth-order valence-corrected chi connectivity index (χ4v) is 3.67. The maximum Gasteiger partial charge on any atom is 0.241 e. The highest BCUT2D eigenvalue weighted by atomic mass is 35.5. The SMILES string of the molecule is Cc1cccc(N2CCN(Cc3nc(-c4cccc(Cl)c4)no3)CC2)c1C. The molecule has 1 aliphatic rings. The van der Waals surface area contributed by atoms with Gasteiger partial charge in [-0.25, -0.2) is 0 Å². The van der Waals surface area contributed by atoms with Crippen molar-refractivity contribution in [2.75, 3.05) is 31.1 Å². The summed E-state index contributed by atoms with van der Waals surface area (Å²) in [5.74, 6) is 1.23. The molecule has 0 unspecified atom stereocenters. The highest BCUT2D eigenvalue weighted by Crippen LogP contribution is 2.24. The number of hydrogen-bond acceptors (Lipinski definition) is 5. The molecule has 2 heterocycles. The van der Waals surface area contributed by atoms with E-state index in [0.717, 1.165) is 31.7 Å². The van der Waals surface area contributed by atoms with E-state index in [0.29, 0.717) is 23.3 Å². The first-order chi connectivity index (χ1) is 13.1. The molecule has 1 fully saturated rings. The van der Waals surface area contributed by atoms with Gasteiger partial charge in [0.25, 0.3) is 0 Å². The molecule has 6 heteroatoms. The van der Waals surface area contributed by atoms with Gasteiger partial charge < -0.3 is 9.42 Å². The van der Waals surface area contributed by atoms with Crippen molar-refractivity contribution in [3.8, 4) is 11.4 Å². The van der Waals surface area contributed by atoms with Crippen LogP contribution in [0.15, 0.2) is 47.0 Å². The van der Waals surface area contributed by atoms with E-state index in [2.05, 4.69) is 52.0 Å². The minimum atomic E-state index is 0.585. The van der Waals surface area contributed by atoms with Crippen molar-refractivity contribution in [3.05, 3.63) is 64.5 Å². The summed E-state index contributed by atoms with van der Waals surface area (Å²) < 4.78 is 5.45. The Hall–Kier alpha value is -2.37. The Morgan fingerprint density at radius 1 is 1.04 bits per heavy atom. The normalized spacial score (nSPS) is 15.3. The van der Waals surface area contributed by atoms with E-state index in [1.54, 1.807) is 0 Å². The number of halogens is 1. The summed E-state index contributed by atoms with van der Waals surface area (Å²) in [6.07, 6.45) is 0. The topological polar surface area (TPSA) is 45.4 Å². The van der Waals surface area contributed by atoms with Crippen molar-refractivity contribution >= 4 is 17.3 Å². The van der Waals surface area contributed by atoms with E-state index >= 15 is 0 Å². The van der Waals surface area contributed by atoms with Crippen LogP contribution in [0.5, 0.6) is 0 Å². The van der Waals surface area contributed by atoms with E-state index in [1.807, 2.05) is 24.3 Å². The molecule has 1 aromatic heterocycles. The average molecular weight is 383 g/mol. The number of piperazine rings is 1. The second-order valence-electron chi connectivity index (χ2n) is 7.00. The van der Waals surface area contributed by atoms with Crippen LogP contribution in [0, 0.1) is 13.8 Å². The number of aryl methyl sites for hydroxylation is 1. The zero-order chi connectivity index (χ0) is 18.8. The molecular weight excluding hydrogens is 360 g/mol. The summed E-state index contributed by atoms with van der Waals surface area (Å²) in [6.45, 7) is 8.99. The third kappa shape index (κ3) is 3.99. The molecule has 0 aliphatic carbocycles. The van der Waals surface area contributed by atoms with Gasteiger partial charge in [0, 0.05) is 42.5 Å². The maximum atomic E-state index is 6.04. The number of hydrogen-bond donors (Lipinski definition) is 0. The van der Waals surface area contributed by atoms with Crippen LogP contribution in [0.2, 0.25) is 5.02 Å². The molecule has 0 amide bonds. The van der Waals surface area contributed by atoms with Gasteiger partial charge in [-0.2, -0.15) is 4.98 Å². The Bertz CT molecular complexity index is 931. The Morgan fingerprint density at radius 3 is 2.59 bits per heavy atom. The fraction of sp³-hybridized carbons (Fsp3) is 0.333. The first-order valence-corrected chi connectivity index (χ1v) is 9.60. The Labute approximate surface area is 164 Å². The first kappa shape index (κ1) is 18.0. The molecule has 1 aliphatic heterocycles. The number of anilines is 1. The van der Waals surface area contributed by atoms with Gasteiger partial charge in [0.2, 0.25) is 11.7 Å². The Kier molecular flexibility index (Phi) is 5.14. The molecule has 27 heavy (non-hydrogen) atoms. The lowest BCUT2D eigenvalue weighted by atomic mass is 10.1. The fourth-order valence-electron chi connectivity index (χ4n) is 3.48. The van der Waals surface area contributed by atoms with Crippen LogP contribution in [0.25, 0.3) is 11.4 Å². The minimum absolute atomic E-state index is 0.585. The van der Waals surface area contributed by atoms with Crippen molar-refractivity contribution in [3.63, 3.8) is 0 Å². The molecule has 5 nitrogen and oxygen atoms in total. The van der Waals surface area contributed by atoms with E-state index in [1.165, 1.54) is 16.8 Å². The Morgan fingerprint density at radius 2 is 1.81 bits per heavy atom. The molecule has 0 bridgehead atoms. The number of benzene rings is 2. The zero-order valence-electron chi connectivity index (χ0n) is 15.7. The second-order valence-corrected chi connectivity index (χ2v) is 7.44. The molecule has 0 radical (unpaired) electrons. The molecule has 4 rings (SSSR count). The molecule has 0 spiro atoms. The Balaban J connectivity index is 1.38. The second kappa shape index (κ2) is 7.71. The summed E-state index contributed by atoms with van der Waals surface area (Å²) in [5, 5.41) is 4.76. The van der Waals surface area contributed by atoms with Crippen LogP contribution in [-0.2, 0) is 6.54 Å². The summed E-state index contributed by atoms with van der Waals surface area (Å²) in [4.78, 5) is 9.35. The molecule has 3 aromatic rings. The van der Waals surface area contributed by atoms with Crippen LogP contribution in [-0.4, -0.2) is 41.2 Å². The highest BCUT2D eigenvalue weighted by Gasteiger charge is 2.21. The van der Waals surface area contributed by atoms with Crippen LogP contribution >= 0.6 is 11.6 Å². The summed E-state index contributed by atoms with van der Waals surface area (Å²) in [5.41, 5.74) is 4.93. The number of aromatic nitrogens is 2. The van der Waals surface area contributed by atoms with Crippen LogP contribution in [0.4, 0.5) is 5.69 Å². The minimum Gasteiger partial charge on any atom is -0.369 e. The molecule has 1 saturated heterocycles. The smallest absolute Gasteiger partial charge is 0.241 e. The van der Waals surface area contributed by atoms with E-state index in [-0.39, 0.29) is 0 Å². The maximum absolute atomic E-state index is 6.04. The first-order valence-electron chi connectivity index (χ1n) is 9.22. The van der Waals surface area contributed by atoms with Gasteiger partial charge in [-0.05, 0) is 43.2 Å². The molecule has 0 atom stereocenters. The predicted octanol–water partition coefficient (Wildman–Crippen LogP) is 4.33. The van der Waals surface area contributed by atoms with Gasteiger partial charge >= 0.3 is 0 Å². The van der Waals surface area contributed by atoms with Crippen LogP contribution in [0.3, 0.4) is 0 Å². The van der Waals surface area contributed by atoms with Gasteiger partial charge in [-0.3, -0.25) is 4.90 Å². The van der Waals surface area contributed by atoms with Crippen LogP contribution < -0.4 is 4.90 Å². The van der Waals surface area contributed by atoms with E-state index in [4.69, 9.17) is 16.1 Å². The van der Waals surface area contributed by atoms with Crippen molar-refractivity contribution < 1.29 is 4.52 Å². The third-order valence-electron chi connectivity index (χ3n) is 5.20. The van der Waals surface area contributed by atoms with E-state index in [9.17, 15) is 0 Å². The summed E-state index contributed by atoms with van der Waals surface area (Å²) >= 11 is 6.04. The average Bonchev–Trinajstić information content (AvgIpc) is 3.13. The predicted molar refractivity (Wildman–Crippen MR) is 108 cm³/mol. The third-order valence-corrected chi connectivity index (χ3v) is 5.43. The monoisotopic (exact) mass is 382 g/mol. The summed E-state index contributed by atoms with van der Waals surface area (Å²) in [7, 11) is 0. The molecule has 140 valence electrons. The van der Waals surface area contributed by atoms with E-state index < -0.39 is 0 Å². The molecule has 2 aromatic carbocycles. The van der Waals surface area contributed by atoms with Crippen molar-refractivity contribution in [1.29, 1.82) is 0 Å². The summed E-state index contributed by atoms with van der Waals surface area (Å²) in [6, 6.07) is 14.0. The standard InChI is InChI=1S/C21H23ClN4O/c1-15-5-3-8-19(16(15)2)26-11-9-25(10-12-26)14-20-23-21(24-27-20)17-6-4-7-18(22)13-17/h3-8,13H,9-12,14H2,1-2H3. The van der Waals surface area contributed by atoms with Gasteiger partial charge in [0.15, 0.2) is 0 Å². The van der Waals surface area contributed by atoms with Gasteiger partial charge in [0.05, 0.1) is 6.54 Å².